The maximum atomic E-state index is 13.7. The molecular formula is C15H21BrFN. The molecule has 0 atom stereocenters. The summed E-state index contributed by atoms with van der Waals surface area (Å²) in [5.74, 6) is 0.451. The highest BCUT2D eigenvalue weighted by Gasteiger charge is 2.02. The van der Waals surface area contributed by atoms with Gasteiger partial charge in [0.05, 0.1) is 0 Å². The molecule has 1 aromatic rings. The summed E-state index contributed by atoms with van der Waals surface area (Å²) >= 11 is 3.26. The van der Waals surface area contributed by atoms with Crippen molar-refractivity contribution in [2.24, 2.45) is 5.92 Å². The van der Waals surface area contributed by atoms with Crippen LogP contribution in [0.4, 0.5) is 4.39 Å². The van der Waals surface area contributed by atoms with Crippen molar-refractivity contribution in [3.8, 4) is 0 Å². The molecule has 0 aliphatic heterocycles. The fourth-order valence-corrected chi connectivity index (χ4v) is 1.97. The second kappa shape index (κ2) is 7.70. The van der Waals surface area contributed by atoms with Gasteiger partial charge in [-0.25, -0.2) is 4.39 Å². The van der Waals surface area contributed by atoms with Gasteiger partial charge in [0.25, 0.3) is 0 Å². The summed E-state index contributed by atoms with van der Waals surface area (Å²) in [6, 6.07) is 5.17. The number of nitrogens with one attached hydrogen (secondary N) is 1. The van der Waals surface area contributed by atoms with Crippen molar-refractivity contribution in [2.45, 2.75) is 27.2 Å². The third-order valence-electron chi connectivity index (χ3n) is 2.68. The van der Waals surface area contributed by atoms with Crippen LogP contribution in [0, 0.1) is 11.7 Å². The second-order valence-electron chi connectivity index (χ2n) is 4.85. The Kier molecular flexibility index (Phi) is 6.58. The summed E-state index contributed by atoms with van der Waals surface area (Å²) in [6.45, 7) is 8.26. The maximum Gasteiger partial charge on any atom is 0.131 e. The molecule has 0 aromatic heterocycles. The van der Waals surface area contributed by atoms with Crippen LogP contribution < -0.4 is 5.32 Å². The van der Waals surface area contributed by atoms with Crippen molar-refractivity contribution < 1.29 is 4.39 Å². The normalized spacial score (nSPS) is 12.2. The molecule has 0 heterocycles. The van der Waals surface area contributed by atoms with Gasteiger partial charge >= 0.3 is 0 Å². The van der Waals surface area contributed by atoms with E-state index in [1.54, 1.807) is 6.07 Å². The zero-order valence-corrected chi connectivity index (χ0v) is 12.8. The summed E-state index contributed by atoms with van der Waals surface area (Å²) < 4.78 is 14.5. The largest absolute Gasteiger partial charge is 0.313 e. The Morgan fingerprint density at radius 1 is 1.44 bits per heavy atom. The van der Waals surface area contributed by atoms with Gasteiger partial charge in [-0.3, -0.25) is 0 Å². The van der Waals surface area contributed by atoms with Crippen LogP contribution in [0.1, 0.15) is 32.8 Å². The molecule has 0 unspecified atom stereocenters. The van der Waals surface area contributed by atoms with Crippen LogP contribution in [0.5, 0.6) is 0 Å². The Morgan fingerprint density at radius 2 is 2.17 bits per heavy atom. The molecule has 0 aliphatic carbocycles. The quantitative estimate of drug-likeness (QED) is 0.807. The number of rotatable bonds is 6. The number of hydrogen-bond acceptors (Lipinski definition) is 1. The van der Waals surface area contributed by atoms with E-state index in [0.717, 1.165) is 24.0 Å². The SMILES string of the molecule is CCC(=Cc1ccc(Br)cc1F)CNCC(C)C. The molecule has 0 amide bonds. The minimum absolute atomic E-state index is 0.181. The first-order valence-corrected chi connectivity index (χ1v) is 7.17. The summed E-state index contributed by atoms with van der Waals surface area (Å²) in [6.07, 6.45) is 2.87. The van der Waals surface area contributed by atoms with Gasteiger partial charge in [-0.05, 0) is 31.0 Å². The van der Waals surface area contributed by atoms with Gasteiger partial charge in [0.15, 0.2) is 0 Å². The number of halogens is 2. The molecule has 0 saturated heterocycles. The smallest absolute Gasteiger partial charge is 0.131 e. The van der Waals surface area contributed by atoms with E-state index in [1.807, 2.05) is 12.1 Å². The fraction of sp³-hybridized carbons (Fsp3) is 0.467. The van der Waals surface area contributed by atoms with Crippen LogP contribution in [0.25, 0.3) is 6.08 Å². The molecule has 18 heavy (non-hydrogen) atoms. The molecule has 0 saturated carbocycles. The molecule has 1 aromatic carbocycles. The fourth-order valence-electron chi connectivity index (χ4n) is 1.64. The average Bonchev–Trinajstić information content (AvgIpc) is 2.30. The van der Waals surface area contributed by atoms with E-state index in [0.29, 0.717) is 11.5 Å². The van der Waals surface area contributed by atoms with Gasteiger partial charge < -0.3 is 5.32 Å². The summed E-state index contributed by atoms with van der Waals surface area (Å²) in [5, 5.41) is 3.39. The monoisotopic (exact) mass is 313 g/mol. The van der Waals surface area contributed by atoms with Crippen molar-refractivity contribution in [1.82, 2.24) is 5.32 Å². The molecule has 100 valence electrons. The standard InChI is InChI=1S/C15H21BrFN/c1-4-12(10-18-9-11(2)3)7-13-5-6-14(16)8-15(13)17/h5-8,11,18H,4,9-10H2,1-3H3. The molecule has 0 bridgehead atoms. The lowest BCUT2D eigenvalue weighted by atomic mass is 10.1. The Balaban J connectivity index is 2.71. The average molecular weight is 314 g/mol. The highest BCUT2D eigenvalue weighted by molar-refractivity contribution is 9.10. The number of hydrogen-bond donors (Lipinski definition) is 1. The predicted molar refractivity (Wildman–Crippen MR) is 80.1 cm³/mol. The van der Waals surface area contributed by atoms with Crippen LogP contribution in [0.15, 0.2) is 28.2 Å². The zero-order chi connectivity index (χ0) is 13.5. The Hall–Kier alpha value is -0.670. The van der Waals surface area contributed by atoms with Gasteiger partial charge in [0.2, 0.25) is 0 Å². The van der Waals surface area contributed by atoms with Crippen molar-refractivity contribution in [1.29, 1.82) is 0 Å². The maximum absolute atomic E-state index is 13.7. The molecule has 0 spiro atoms. The van der Waals surface area contributed by atoms with E-state index >= 15 is 0 Å². The van der Waals surface area contributed by atoms with Gasteiger partial charge in [-0.2, -0.15) is 0 Å². The minimum atomic E-state index is -0.181. The van der Waals surface area contributed by atoms with Crippen LogP contribution >= 0.6 is 15.9 Å². The van der Waals surface area contributed by atoms with Gasteiger partial charge in [-0.1, -0.05) is 54.4 Å². The molecule has 0 aliphatic rings. The Labute approximate surface area is 118 Å². The van der Waals surface area contributed by atoms with E-state index in [1.165, 1.54) is 11.6 Å². The van der Waals surface area contributed by atoms with E-state index in [9.17, 15) is 4.39 Å². The zero-order valence-electron chi connectivity index (χ0n) is 11.3. The molecular weight excluding hydrogens is 293 g/mol. The lowest BCUT2D eigenvalue weighted by Gasteiger charge is -2.10. The number of benzene rings is 1. The van der Waals surface area contributed by atoms with Crippen LogP contribution in [-0.2, 0) is 0 Å². The first kappa shape index (κ1) is 15.4. The topological polar surface area (TPSA) is 12.0 Å². The second-order valence-corrected chi connectivity index (χ2v) is 5.76. The minimum Gasteiger partial charge on any atom is -0.313 e. The van der Waals surface area contributed by atoms with E-state index in [-0.39, 0.29) is 5.82 Å². The predicted octanol–water partition coefficient (Wildman–Crippen LogP) is 4.63. The van der Waals surface area contributed by atoms with Crippen LogP contribution in [-0.4, -0.2) is 13.1 Å². The van der Waals surface area contributed by atoms with Crippen LogP contribution in [0.2, 0.25) is 0 Å². The van der Waals surface area contributed by atoms with E-state index in [4.69, 9.17) is 0 Å². The van der Waals surface area contributed by atoms with Gasteiger partial charge in [0.1, 0.15) is 5.82 Å². The van der Waals surface area contributed by atoms with Gasteiger partial charge in [-0.15, -0.1) is 0 Å². The lowest BCUT2D eigenvalue weighted by molar-refractivity contribution is 0.569. The summed E-state index contributed by atoms with van der Waals surface area (Å²) in [4.78, 5) is 0. The molecule has 1 N–H and O–H groups in total. The molecule has 1 nitrogen and oxygen atoms in total. The molecule has 1 rings (SSSR count). The first-order chi connectivity index (χ1) is 8.52. The summed E-state index contributed by atoms with van der Waals surface area (Å²) in [7, 11) is 0. The summed E-state index contributed by atoms with van der Waals surface area (Å²) in [5.41, 5.74) is 1.87. The van der Waals surface area contributed by atoms with E-state index in [2.05, 4.69) is 42.0 Å². The van der Waals surface area contributed by atoms with Crippen molar-refractivity contribution in [2.75, 3.05) is 13.1 Å². The van der Waals surface area contributed by atoms with Crippen LogP contribution in [0.3, 0.4) is 0 Å². The molecule has 0 radical (unpaired) electrons. The van der Waals surface area contributed by atoms with Crippen molar-refractivity contribution >= 4 is 22.0 Å². The Morgan fingerprint density at radius 3 is 2.72 bits per heavy atom. The Bertz CT molecular complexity index is 413. The lowest BCUT2D eigenvalue weighted by Crippen LogP contribution is -2.21. The van der Waals surface area contributed by atoms with E-state index < -0.39 is 0 Å². The first-order valence-electron chi connectivity index (χ1n) is 6.38. The third-order valence-corrected chi connectivity index (χ3v) is 3.17. The molecule has 3 heteroatoms. The van der Waals surface area contributed by atoms with Crippen molar-refractivity contribution in [3.05, 3.63) is 39.6 Å². The third kappa shape index (κ3) is 5.32. The van der Waals surface area contributed by atoms with Gasteiger partial charge in [0, 0.05) is 16.6 Å². The highest BCUT2D eigenvalue weighted by Crippen LogP contribution is 2.18. The molecule has 0 fully saturated rings. The van der Waals surface area contributed by atoms with Crippen molar-refractivity contribution in [3.63, 3.8) is 0 Å². The highest BCUT2D eigenvalue weighted by atomic mass is 79.9.